The molecule has 1 amide bonds. The van der Waals surface area contributed by atoms with Crippen LogP contribution in [0.4, 0.5) is 0 Å². The van der Waals surface area contributed by atoms with E-state index in [0.29, 0.717) is 16.3 Å². The van der Waals surface area contributed by atoms with Crippen molar-refractivity contribution in [2.24, 2.45) is 0 Å². The molecule has 2 heterocycles. The van der Waals surface area contributed by atoms with Gasteiger partial charge in [-0.25, -0.2) is 0 Å². The molecule has 3 aromatic rings. The first-order chi connectivity index (χ1) is 12.1. The Hall–Kier alpha value is -2.53. The Bertz CT molecular complexity index is 849. The van der Waals surface area contributed by atoms with Crippen molar-refractivity contribution in [3.8, 4) is 5.75 Å². The van der Waals surface area contributed by atoms with Crippen LogP contribution >= 0.6 is 11.6 Å². The van der Waals surface area contributed by atoms with E-state index >= 15 is 0 Å². The minimum atomic E-state index is -0.175. The highest BCUT2D eigenvalue weighted by molar-refractivity contribution is 6.35. The van der Waals surface area contributed by atoms with E-state index in [1.807, 2.05) is 31.2 Å². The van der Waals surface area contributed by atoms with Crippen LogP contribution in [0.15, 0.2) is 53.3 Å². The maximum absolute atomic E-state index is 12.1. The van der Waals surface area contributed by atoms with Crippen molar-refractivity contribution in [3.63, 3.8) is 0 Å². The van der Waals surface area contributed by atoms with Crippen LogP contribution in [0.2, 0.25) is 5.02 Å². The molecular formula is C19H19ClN2O3. The highest BCUT2D eigenvalue weighted by Gasteiger charge is 2.11. The van der Waals surface area contributed by atoms with Gasteiger partial charge >= 0.3 is 0 Å². The first kappa shape index (κ1) is 17.3. The van der Waals surface area contributed by atoms with Gasteiger partial charge in [-0.2, -0.15) is 0 Å². The van der Waals surface area contributed by atoms with Crippen LogP contribution in [0.5, 0.6) is 5.75 Å². The molecule has 2 aromatic heterocycles. The van der Waals surface area contributed by atoms with Gasteiger partial charge in [0.1, 0.15) is 17.0 Å². The lowest BCUT2D eigenvalue weighted by Crippen LogP contribution is -2.36. The number of carbonyl (C=O) groups is 1. The first-order valence-corrected chi connectivity index (χ1v) is 8.49. The summed E-state index contributed by atoms with van der Waals surface area (Å²) in [6.07, 6.45) is 4.89. The van der Waals surface area contributed by atoms with Gasteiger partial charge in [-0.3, -0.25) is 9.78 Å². The van der Waals surface area contributed by atoms with E-state index in [0.717, 1.165) is 24.0 Å². The second-order valence-corrected chi connectivity index (χ2v) is 6.23. The van der Waals surface area contributed by atoms with Crippen LogP contribution in [0.25, 0.3) is 10.9 Å². The fourth-order valence-corrected chi connectivity index (χ4v) is 2.79. The third kappa shape index (κ3) is 4.51. The van der Waals surface area contributed by atoms with Crippen LogP contribution < -0.4 is 10.1 Å². The molecule has 3 rings (SSSR count). The molecule has 6 heteroatoms. The van der Waals surface area contributed by atoms with Crippen molar-refractivity contribution in [2.45, 2.75) is 25.8 Å². The zero-order valence-corrected chi connectivity index (χ0v) is 14.6. The second-order valence-electron chi connectivity index (χ2n) is 5.82. The molecule has 1 unspecified atom stereocenters. The molecule has 0 bridgehead atoms. The molecule has 0 radical (unpaired) electrons. The molecule has 1 aromatic carbocycles. The number of nitrogens with zero attached hydrogens (tertiary/aromatic N) is 1. The lowest BCUT2D eigenvalue weighted by atomic mass is 10.1. The van der Waals surface area contributed by atoms with Crippen LogP contribution in [0, 0.1) is 0 Å². The number of fused-ring (bicyclic) bond motifs is 1. The molecule has 0 saturated heterocycles. The number of aromatic nitrogens is 1. The maximum atomic E-state index is 12.1. The van der Waals surface area contributed by atoms with E-state index in [2.05, 4.69) is 10.3 Å². The summed E-state index contributed by atoms with van der Waals surface area (Å²) in [4.78, 5) is 16.4. The third-order valence-corrected chi connectivity index (χ3v) is 4.18. The van der Waals surface area contributed by atoms with Crippen molar-refractivity contribution in [1.29, 1.82) is 0 Å². The number of carbonyl (C=O) groups excluding carboxylic acids is 1. The highest BCUT2D eigenvalue weighted by Crippen LogP contribution is 2.29. The van der Waals surface area contributed by atoms with Crippen LogP contribution in [0.1, 0.15) is 19.1 Å². The number of hydrogen-bond acceptors (Lipinski definition) is 4. The Morgan fingerprint density at radius 2 is 2.20 bits per heavy atom. The lowest BCUT2D eigenvalue weighted by molar-refractivity contribution is -0.123. The summed E-state index contributed by atoms with van der Waals surface area (Å²) in [6, 6.07) is 11.0. The zero-order valence-electron chi connectivity index (χ0n) is 13.9. The molecule has 0 aliphatic heterocycles. The largest absolute Gasteiger partial charge is 0.481 e. The Labute approximate surface area is 151 Å². The number of halogens is 1. The number of benzene rings is 1. The Kier molecular flexibility index (Phi) is 5.56. The van der Waals surface area contributed by atoms with Gasteiger partial charge in [0, 0.05) is 24.0 Å². The summed E-state index contributed by atoms with van der Waals surface area (Å²) in [7, 11) is 0. The van der Waals surface area contributed by atoms with E-state index < -0.39 is 0 Å². The fourth-order valence-electron chi connectivity index (χ4n) is 2.57. The average molecular weight is 359 g/mol. The quantitative estimate of drug-likeness (QED) is 0.693. The monoisotopic (exact) mass is 358 g/mol. The summed E-state index contributed by atoms with van der Waals surface area (Å²) in [6.45, 7) is 1.89. The molecule has 0 saturated carbocycles. The fraction of sp³-hybridized carbons (Fsp3) is 0.263. The van der Waals surface area contributed by atoms with Crippen LogP contribution in [0.3, 0.4) is 0 Å². The minimum Gasteiger partial charge on any atom is -0.481 e. The predicted octanol–water partition coefficient (Wildman–Crippen LogP) is 4.00. The summed E-state index contributed by atoms with van der Waals surface area (Å²) in [5.74, 6) is 1.28. The van der Waals surface area contributed by atoms with Crippen LogP contribution in [-0.2, 0) is 11.2 Å². The molecule has 0 spiro atoms. The molecule has 0 aliphatic rings. The molecule has 130 valence electrons. The molecule has 0 fully saturated rings. The van der Waals surface area contributed by atoms with Gasteiger partial charge in [0.2, 0.25) is 0 Å². The normalized spacial score (nSPS) is 12.1. The Morgan fingerprint density at radius 3 is 3.00 bits per heavy atom. The van der Waals surface area contributed by atoms with Gasteiger partial charge in [-0.1, -0.05) is 11.6 Å². The number of furan rings is 1. The number of rotatable bonds is 7. The number of amides is 1. The van der Waals surface area contributed by atoms with E-state index in [4.69, 9.17) is 20.8 Å². The molecule has 25 heavy (non-hydrogen) atoms. The Balaban J connectivity index is 1.53. The lowest BCUT2D eigenvalue weighted by Gasteiger charge is -2.14. The first-order valence-electron chi connectivity index (χ1n) is 8.11. The molecule has 1 N–H and O–H groups in total. The van der Waals surface area contributed by atoms with Crippen molar-refractivity contribution < 1.29 is 13.9 Å². The van der Waals surface area contributed by atoms with Crippen molar-refractivity contribution in [3.05, 3.63) is 59.6 Å². The summed E-state index contributed by atoms with van der Waals surface area (Å²) >= 11 is 6.16. The van der Waals surface area contributed by atoms with Gasteiger partial charge in [-0.05, 0) is 49.7 Å². The number of ether oxygens (including phenoxy) is 1. The predicted molar refractivity (Wildman–Crippen MR) is 96.9 cm³/mol. The topological polar surface area (TPSA) is 64.4 Å². The molecule has 1 atom stereocenters. The summed E-state index contributed by atoms with van der Waals surface area (Å²) in [5.41, 5.74) is 0.647. The summed E-state index contributed by atoms with van der Waals surface area (Å²) < 4.78 is 10.9. The van der Waals surface area contributed by atoms with Crippen molar-refractivity contribution in [1.82, 2.24) is 10.3 Å². The maximum Gasteiger partial charge on any atom is 0.258 e. The Morgan fingerprint density at radius 1 is 1.32 bits per heavy atom. The molecular weight excluding hydrogens is 340 g/mol. The third-order valence-electron chi connectivity index (χ3n) is 3.85. The summed E-state index contributed by atoms with van der Waals surface area (Å²) in [5, 5.41) is 4.32. The van der Waals surface area contributed by atoms with E-state index in [1.165, 1.54) is 0 Å². The SMILES string of the molecule is CC(CCc1ccco1)NC(=O)COc1ccc(Cl)c2cccnc12. The van der Waals surface area contributed by atoms with Gasteiger partial charge in [-0.15, -0.1) is 0 Å². The van der Waals surface area contributed by atoms with Gasteiger partial charge in [0.05, 0.1) is 11.3 Å². The highest BCUT2D eigenvalue weighted by atomic mass is 35.5. The standard InChI is InChI=1S/C19H19ClN2O3/c1-13(6-7-14-4-3-11-24-14)22-18(23)12-25-17-9-8-16(20)15-5-2-10-21-19(15)17/h2-5,8-11,13H,6-7,12H2,1H3,(H,22,23). The number of hydrogen-bond donors (Lipinski definition) is 1. The van der Waals surface area contributed by atoms with E-state index in [1.54, 1.807) is 24.6 Å². The number of nitrogens with one attached hydrogen (secondary N) is 1. The van der Waals surface area contributed by atoms with Crippen molar-refractivity contribution in [2.75, 3.05) is 6.61 Å². The molecule has 0 aliphatic carbocycles. The minimum absolute atomic E-state index is 0.0290. The van der Waals surface area contributed by atoms with E-state index in [-0.39, 0.29) is 18.6 Å². The van der Waals surface area contributed by atoms with Gasteiger partial charge < -0.3 is 14.5 Å². The average Bonchev–Trinajstić information content (AvgIpc) is 3.13. The zero-order chi connectivity index (χ0) is 17.6. The van der Waals surface area contributed by atoms with Crippen molar-refractivity contribution >= 4 is 28.4 Å². The van der Waals surface area contributed by atoms with Gasteiger partial charge in [0.25, 0.3) is 5.91 Å². The second kappa shape index (κ2) is 8.03. The number of aryl methyl sites for hydroxylation is 1. The number of pyridine rings is 1. The molecule has 5 nitrogen and oxygen atoms in total. The van der Waals surface area contributed by atoms with Crippen LogP contribution in [-0.4, -0.2) is 23.5 Å². The van der Waals surface area contributed by atoms with E-state index in [9.17, 15) is 4.79 Å². The smallest absolute Gasteiger partial charge is 0.258 e. The van der Waals surface area contributed by atoms with Gasteiger partial charge in [0.15, 0.2) is 6.61 Å².